The second-order valence-electron chi connectivity index (χ2n) is 8.13. The van der Waals surface area contributed by atoms with Crippen molar-refractivity contribution in [3.63, 3.8) is 0 Å². The van der Waals surface area contributed by atoms with Crippen molar-refractivity contribution in [3.8, 4) is 6.07 Å². The molecular formula is C27H21FN3OS+. The maximum Gasteiger partial charge on any atom is 0.227 e. The fourth-order valence-corrected chi connectivity index (χ4v) is 5.02. The van der Waals surface area contributed by atoms with Gasteiger partial charge in [-0.3, -0.25) is 0 Å². The van der Waals surface area contributed by atoms with E-state index >= 15 is 0 Å². The third kappa shape index (κ3) is 3.66. The number of nitriles is 1. The van der Waals surface area contributed by atoms with Gasteiger partial charge in [0.1, 0.15) is 5.82 Å². The van der Waals surface area contributed by atoms with E-state index in [2.05, 4.69) is 24.0 Å². The molecule has 6 heteroatoms. The molecule has 0 aliphatic carbocycles. The van der Waals surface area contributed by atoms with Crippen LogP contribution >= 0.6 is 12.6 Å². The topological polar surface area (TPSA) is 59.9 Å². The standard InChI is InChI=1S/C27H20FN3OS/c28-22-12-10-19(11-13-22)24-23(16-29)26(33)30-27(32,21-8-2-1-3-9-21)25(24)31-15-14-18-6-4-5-7-20(18)17-31/h1-15,17,24-25,30,32H/p+1/t24-,25-,27-/m0/s1. The lowest BCUT2D eigenvalue weighted by atomic mass is 9.75. The van der Waals surface area contributed by atoms with E-state index in [9.17, 15) is 14.8 Å². The molecule has 162 valence electrons. The van der Waals surface area contributed by atoms with Gasteiger partial charge < -0.3 is 10.4 Å². The van der Waals surface area contributed by atoms with Gasteiger partial charge in [-0.25, -0.2) is 4.39 Å². The molecule has 0 spiro atoms. The van der Waals surface area contributed by atoms with Gasteiger partial charge in [0.05, 0.1) is 22.6 Å². The van der Waals surface area contributed by atoms with Gasteiger partial charge in [0, 0.05) is 17.0 Å². The largest absolute Gasteiger partial charge is 0.362 e. The highest BCUT2D eigenvalue weighted by atomic mass is 32.1. The van der Waals surface area contributed by atoms with E-state index in [-0.39, 0.29) is 10.8 Å². The maximum absolute atomic E-state index is 13.8. The zero-order chi connectivity index (χ0) is 23.0. The van der Waals surface area contributed by atoms with E-state index in [0.29, 0.717) is 16.7 Å². The molecule has 4 aromatic rings. The van der Waals surface area contributed by atoms with Crippen molar-refractivity contribution in [2.45, 2.75) is 17.7 Å². The second-order valence-corrected chi connectivity index (χ2v) is 8.57. The maximum atomic E-state index is 13.8. The monoisotopic (exact) mass is 454 g/mol. The fraction of sp³-hybridized carbons (Fsp3) is 0.111. The van der Waals surface area contributed by atoms with E-state index in [1.165, 1.54) is 12.1 Å². The van der Waals surface area contributed by atoms with Crippen molar-refractivity contribution in [1.82, 2.24) is 5.32 Å². The first-order valence-electron chi connectivity index (χ1n) is 10.6. The molecule has 0 amide bonds. The summed E-state index contributed by atoms with van der Waals surface area (Å²) in [4.78, 5) is 0. The first-order chi connectivity index (χ1) is 16.0. The Kier molecular flexibility index (Phi) is 5.37. The summed E-state index contributed by atoms with van der Waals surface area (Å²) < 4.78 is 15.7. The van der Waals surface area contributed by atoms with Crippen molar-refractivity contribution in [3.05, 3.63) is 125 Å². The SMILES string of the molecule is N#CC1=C(S)N[C@](O)(c2ccccc2)[C@@H]([n+]2ccc3ccccc3c2)[C@H]1c1ccc(F)cc1. The lowest BCUT2D eigenvalue weighted by Gasteiger charge is -2.42. The highest BCUT2D eigenvalue weighted by Crippen LogP contribution is 2.47. The average Bonchev–Trinajstić information content (AvgIpc) is 2.84. The summed E-state index contributed by atoms with van der Waals surface area (Å²) in [6.07, 6.45) is 3.86. The summed E-state index contributed by atoms with van der Waals surface area (Å²) in [5.74, 6) is -0.949. The van der Waals surface area contributed by atoms with Crippen LogP contribution in [-0.2, 0) is 5.72 Å². The highest BCUT2D eigenvalue weighted by Gasteiger charge is 2.55. The van der Waals surface area contributed by atoms with Crippen LogP contribution in [-0.4, -0.2) is 5.11 Å². The van der Waals surface area contributed by atoms with E-state index in [1.54, 1.807) is 12.1 Å². The molecule has 0 fully saturated rings. The van der Waals surface area contributed by atoms with Gasteiger partial charge in [-0.15, -0.1) is 12.6 Å². The Morgan fingerprint density at radius 3 is 2.30 bits per heavy atom. The van der Waals surface area contributed by atoms with Gasteiger partial charge in [-0.05, 0) is 29.1 Å². The number of thiol groups is 1. The number of hydrogen-bond acceptors (Lipinski definition) is 4. The Balaban J connectivity index is 1.80. The number of halogens is 1. The Morgan fingerprint density at radius 2 is 1.61 bits per heavy atom. The zero-order valence-corrected chi connectivity index (χ0v) is 18.5. The van der Waals surface area contributed by atoms with Crippen LogP contribution < -0.4 is 9.88 Å². The third-order valence-electron chi connectivity index (χ3n) is 6.21. The number of nitrogens with one attached hydrogen (secondary N) is 1. The number of rotatable bonds is 3. The van der Waals surface area contributed by atoms with Crippen LogP contribution in [0, 0.1) is 17.1 Å². The van der Waals surface area contributed by atoms with Crippen LogP contribution in [0.4, 0.5) is 4.39 Å². The van der Waals surface area contributed by atoms with Crippen molar-refractivity contribution in [2.75, 3.05) is 0 Å². The predicted molar refractivity (Wildman–Crippen MR) is 127 cm³/mol. The van der Waals surface area contributed by atoms with Gasteiger partial charge in [-0.2, -0.15) is 9.83 Å². The summed E-state index contributed by atoms with van der Waals surface area (Å²) in [7, 11) is 0. The molecule has 4 nitrogen and oxygen atoms in total. The van der Waals surface area contributed by atoms with Gasteiger partial charge in [0.2, 0.25) is 11.8 Å². The first kappa shape index (κ1) is 21.2. The quantitative estimate of drug-likeness (QED) is 0.311. The Labute approximate surface area is 196 Å². The van der Waals surface area contributed by atoms with Gasteiger partial charge >= 0.3 is 0 Å². The van der Waals surface area contributed by atoms with E-state index in [4.69, 9.17) is 0 Å². The number of aliphatic hydroxyl groups is 1. The normalized spacial score (nSPS) is 22.6. The summed E-state index contributed by atoms with van der Waals surface area (Å²) in [6, 6.07) is 26.8. The number of nitrogens with zero attached hydrogens (tertiary/aromatic N) is 2. The fourth-order valence-electron chi connectivity index (χ4n) is 4.66. The van der Waals surface area contributed by atoms with E-state index < -0.39 is 17.7 Å². The number of fused-ring (bicyclic) bond motifs is 1. The van der Waals surface area contributed by atoms with E-state index in [0.717, 1.165) is 10.8 Å². The van der Waals surface area contributed by atoms with E-state index in [1.807, 2.05) is 77.6 Å². The molecule has 33 heavy (non-hydrogen) atoms. The summed E-state index contributed by atoms with van der Waals surface area (Å²) in [5.41, 5.74) is 0.119. The summed E-state index contributed by atoms with van der Waals surface area (Å²) in [5, 5.41) is 27.7. The number of allylic oxidation sites excluding steroid dienone is 1. The summed E-state index contributed by atoms with van der Waals surface area (Å²) in [6.45, 7) is 0. The van der Waals surface area contributed by atoms with Crippen molar-refractivity contribution >= 4 is 23.4 Å². The van der Waals surface area contributed by atoms with Gasteiger partial charge in [0.25, 0.3) is 0 Å². The van der Waals surface area contributed by atoms with Gasteiger partial charge in [0.15, 0.2) is 12.4 Å². The molecule has 2 heterocycles. The van der Waals surface area contributed by atoms with Crippen LogP contribution in [0.3, 0.4) is 0 Å². The molecule has 3 atom stereocenters. The molecule has 5 rings (SSSR count). The van der Waals surface area contributed by atoms with Crippen LogP contribution in [0.1, 0.15) is 23.1 Å². The Hall–Kier alpha value is -3.66. The molecule has 0 unspecified atom stereocenters. The van der Waals surface area contributed by atoms with Crippen molar-refractivity contribution in [1.29, 1.82) is 5.26 Å². The molecule has 1 aliphatic heterocycles. The van der Waals surface area contributed by atoms with Crippen LogP contribution in [0.25, 0.3) is 10.8 Å². The first-order valence-corrected chi connectivity index (χ1v) is 11.0. The summed E-state index contributed by atoms with van der Waals surface area (Å²) >= 11 is 4.54. The number of hydrogen-bond donors (Lipinski definition) is 3. The highest BCUT2D eigenvalue weighted by molar-refractivity contribution is 7.84. The molecular weight excluding hydrogens is 433 g/mol. The van der Waals surface area contributed by atoms with Crippen LogP contribution in [0.5, 0.6) is 0 Å². The predicted octanol–water partition coefficient (Wildman–Crippen LogP) is 4.70. The molecule has 1 aliphatic rings. The van der Waals surface area contributed by atoms with Gasteiger partial charge in [-0.1, -0.05) is 60.7 Å². The van der Waals surface area contributed by atoms with Crippen molar-refractivity contribution in [2.24, 2.45) is 0 Å². The molecule has 0 saturated heterocycles. The van der Waals surface area contributed by atoms with Crippen molar-refractivity contribution < 1.29 is 14.1 Å². The minimum atomic E-state index is -1.59. The minimum absolute atomic E-state index is 0.288. The van der Waals surface area contributed by atoms with Crippen LogP contribution in [0.2, 0.25) is 0 Å². The molecule has 3 aromatic carbocycles. The zero-order valence-electron chi connectivity index (χ0n) is 17.6. The molecule has 0 bridgehead atoms. The molecule has 2 N–H and O–H groups in total. The lowest BCUT2D eigenvalue weighted by Crippen LogP contribution is -2.62. The van der Waals surface area contributed by atoms with Crippen LogP contribution in [0.15, 0.2) is 108 Å². The number of pyridine rings is 1. The molecule has 1 aromatic heterocycles. The Morgan fingerprint density at radius 1 is 0.939 bits per heavy atom. The average molecular weight is 455 g/mol. The smallest absolute Gasteiger partial charge is 0.227 e. The molecule has 0 radical (unpaired) electrons. The molecule has 0 saturated carbocycles. The second kappa shape index (κ2) is 8.36. The number of benzene rings is 3. The Bertz CT molecular complexity index is 1400. The lowest BCUT2D eigenvalue weighted by molar-refractivity contribution is -0.742. The number of aromatic nitrogens is 1. The third-order valence-corrected chi connectivity index (χ3v) is 6.57. The minimum Gasteiger partial charge on any atom is -0.362 e.